The highest BCUT2D eigenvalue weighted by atomic mass is 79.9. The maximum atomic E-state index is 5.74. The van der Waals surface area contributed by atoms with Crippen molar-refractivity contribution in [2.24, 2.45) is 0 Å². The first kappa shape index (κ1) is 13.0. The Morgan fingerprint density at radius 1 is 1.37 bits per heavy atom. The van der Waals surface area contributed by atoms with Crippen molar-refractivity contribution >= 4 is 26.9 Å². The summed E-state index contributed by atoms with van der Waals surface area (Å²) >= 11 is 3.74. The summed E-state index contributed by atoms with van der Waals surface area (Å²) in [5.41, 5.74) is 2.09. The number of hydrogen-bond acceptors (Lipinski definition) is 3. The number of aryl methyl sites for hydroxylation is 1. The van der Waals surface area contributed by atoms with E-state index in [1.165, 1.54) is 24.8 Å². The van der Waals surface area contributed by atoms with Crippen LogP contribution in [0.15, 0.2) is 21.0 Å². The van der Waals surface area contributed by atoms with Crippen LogP contribution in [0.5, 0.6) is 5.75 Å². The van der Waals surface area contributed by atoms with E-state index in [1.54, 1.807) is 7.11 Å². The third kappa shape index (κ3) is 2.28. The predicted octanol–water partition coefficient (Wildman–Crippen LogP) is 4.33. The molecule has 3 rings (SSSR count). The highest BCUT2D eigenvalue weighted by Gasteiger charge is 2.22. The first-order valence-electron chi connectivity index (χ1n) is 6.70. The van der Waals surface area contributed by atoms with Crippen molar-refractivity contribution in [2.75, 3.05) is 13.7 Å². The van der Waals surface area contributed by atoms with E-state index in [0.29, 0.717) is 6.04 Å². The summed E-state index contributed by atoms with van der Waals surface area (Å²) in [5, 5.41) is 4.68. The van der Waals surface area contributed by atoms with Crippen LogP contribution >= 0.6 is 15.9 Å². The fourth-order valence-electron chi connectivity index (χ4n) is 2.81. The number of furan rings is 1. The second-order valence-corrected chi connectivity index (χ2v) is 5.88. The van der Waals surface area contributed by atoms with E-state index in [9.17, 15) is 0 Å². The Hall–Kier alpha value is -1.00. The zero-order valence-electron chi connectivity index (χ0n) is 11.3. The molecule has 0 bridgehead atoms. The molecule has 0 radical (unpaired) electrons. The zero-order chi connectivity index (χ0) is 13.4. The minimum atomic E-state index is 0.400. The van der Waals surface area contributed by atoms with Gasteiger partial charge in [-0.2, -0.15) is 0 Å². The van der Waals surface area contributed by atoms with Gasteiger partial charge in [-0.05, 0) is 59.9 Å². The predicted molar refractivity (Wildman–Crippen MR) is 79.8 cm³/mol. The minimum Gasteiger partial charge on any atom is -0.493 e. The largest absolute Gasteiger partial charge is 0.493 e. The Balaban J connectivity index is 2.15. The molecular formula is C15H18BrNO2. The zero-order valence-corrected chi connectivity index (χ0v) is 12.8. The standard InChI is InChI=1S/C15H18BrNO2/c1-9-7-11-14(16)10(12-5-3-4-6-17-12)8-13(18-2)15(11)19-9/h7-8,12,17H,3-6H2,1-2H3. The van der Waals surface area contributed by atoms with Crippen molar-refractivity contribution < 1.29 is 9.15 Å². The van der Waals surface area contributed by atoms with Crippen LogP contribution in [-0.4, -0.2) is 13.7 Å². The molecule has 102 valence electrons. The third-order valence-electron chi connectivity index (χ3n) is 3.76. The van der Waals surface area contributed by atoms with Gasteiger partial charge in [0.2, 0.25) is 0 Å². The molecule has 1 aromatic carbocycles. The summed E-state index contributed by atoms with van der Waals surface area (Å²) in [6.07, 6.45) is 3.71. The van der Waals surface area contributed by atoms with E-state index in [2.05, 4.69) is 33.4 Å². The van der Waals surface area contributed by atoms with E-state index < -0.39 is 0 Å². The Labute approximate surface area is 121 Å². The first-order valence-corrected chi connectivity index (χ1v) is 7.50. The van der Waals surface area contributed by atoms with Crippen LogP contribution in [0.2, 0.25) is 0 Å². The van der Waals surface area contributed by atoms with Gasteiger partial charge in [0.05, 0.1) is 7.11 Å². The summed E-state index contributed by atoms with van der Waals surface area (Å²) in [6.45, 7) is 3.05. The number of ether oxygens (including phenoxy) is 1. The molecule has 0 aliphatic carbocycles. The van der Waals surface area contributed by atoms with Crippen molar-refractivity contribution in [3.05, 3.63) is 27.9 Å². The molecule has 3 nitrogen and oxygen atoms in total. The lowest BCUT2D eigenvalue weighted by atomic mass is 9.96. The highest BCUT2D eigenvalue weighted by Crippen LogP contribution is 2.40. The van der Waals surface area contributed by atoms with Gasteiger partial charge >= 0.3 is 0 Å². The molecule has 4 heteroatoms. The molecule has 1 aliphatic heterocycles. The molecular weight excluding hydrogens is 306 g/mol. The van der Waals surface area contributed by atoms with E-state index >= 15 is 0 Å². The summed E-state index contributed by atoms with van der Waals surface area (Å²) in [5.74, 6) is 1.72. The number of benzene rings is 1. The fraction of sp³-hybridized carbons (Fsp3) is 0.467. The Kier molecular flexibility index (Phi) is 3.54. The second-order valence-electron chi connectivity index (χ2n) is 5.08. The van der Waals surface area contributed by atoms with Crippen molar-refractivity contribution in [3.63, 3.8) is 0 Å². The van der Waals surface area contributed by atoms with Gasteiger partial charge < -0.3 is 14.5 Å². The van der Waals surface area contributed by atoms with E-state index in [1.807, 2.05) is 6.92 Å². The number of nitrogens with one attached hydrogen (secondary N) is 1. The normalized spacial score (nSPS) is 19.8. The number of rotatable bonds is 2. The van der Waals surface area contributed by atoms with Crippen LogP contribution in [0.25, 0.3) is 11.0 Å². The van der Waals surface area contributed by atoms with Gasteiger partial charge in [0.15, 0.2) is 11.3 Å². The van der Waals surface area contributed by atoms with E-state index in [-0.39, 0.29) is 0 Å². The maximum Gasteiger partial charge on any atom is 0.177 e. The fourth-order valence-corrected chi connectivity index (χ4v) is 3.49. The van der Waals surface area contributed by atoms with Gasteiger partial charge in [0.1, 0.15) is 5.76 Å². The Morgan fingerprint density at radius 3 is 2.89 bits per heavy atom. The Bertz CT molecular complexity index is 600. The average molecular weight is 324 g/mol. The molecule has 0 spiro atoms. The van der Waals surface area contributed by atoms with Crippen LogP contribution in [0.1, 0.15) is 36.6 Å². The SMILES string of the molecule is COc1cc(C2CCCCN2)c(Br)c2cc(C)oc12. The molecule has 2 aromatic rings. The summed E-state index contributed by atoms with van der Waals surface area (Å²) in [7, 11) is 1.69. The van der Waals surface area contributed by atoms with Crippen LogP contribution in [-0.2, 0) is 0 Å². The lowest BCUT2D eigenvalue weighted by molar-refractivity contribution is 0.397. The number of halogens is 1. The van der Waals surface area contributed by atoms with Gasteiger partial charge in [-0.25, -0.2) is 0 Å². The molecule has 19 heavy (non-hydrogen) atoms. The summed E-state index contributed by atoms with van der Waals surface area (Å²) in [4.78, 5) is 0. The summed E-state index contributed by atoms with van der Waals surface area (Å²) in [6, 6.07) is 4.56. The molecule has 1 aromatic heterocycles. The van der Waals surface area contributed by atoms with Crippen molar-refractivity contribution in [3.8, 4) is 5.75 Å². The minimum absolute atomic E-state index is 0.400. The molecule has 0 saturated carbocycles. The smallest absolute Gasteiger partial charge is 0.177 e. The van der Waals surface area contributed by atoms with E-state index in [4.69, 9.17) is 9.15 Å². The van der Waals surface area contributed by atoms with Crippen LogP contribution in [0.3, 0.4) is 0 Å². The molecule has 0 amide bonds. The maximum absolute atomic E-state index is 5.74. The first-order chi connectivity index (χ1) is 9.20. The topological polar surface area (TPSA) is 34.4 Å². The molecule has 1 fully saturated rings. The van der Waals surface area contributed by atoms with Crippen LogP contribution in [0.4, 0.5) is 0 Å². The van der Waals surface area contributed by atoms with Gasteiger partial charge in [0.25, 0.3) is 0 Å². The van der Waals surface area contributed by atoms with Crippen LogP contribution in [0, 0.1) is 6.92 Å². The number of methoxy groups -OCH3 is 1. The molecule has 1 atom stereocenters. The number of piperidine rings is 1. The van der Waals surface area contributed by atoms with Crippen molar-refractivity contribution in [1.29, 1.82) is 0 Å². The quantitative estimate of drug-likeness (QED) is 0.893. The van der Waals surface area contributed by atoms with Gasteiger partial charge in [-0.3, -0.25) is 0 Å². The monoisotopic (exact) mass is 323 g/mol. The number of hydrogen-bond donors (Lipinski definition) is 1. The molecule has 1 N–H and O–H groups in total. The van der Waals surface area contributed by atoms with Gasteiger partial charge in [-0.1, -0.05) is 6.42 Å². The summed E-state index contributed by atoms with van der Waals surface area (Å²) < 4.78 is 12.3. The van der Waals surface area contributed by atoms with Gasteiger partial charge in [-0.15, -0.1) is 0 Å². The third-order valence-corrected chi connectivity index (χ3v) is 4.65. The van der Waals surface area contributed by atoms with E-state index in [0.717, 1.165) is 33.5 Å². The molecule has 1 unspecified atom stereocenters. The molecule has 1 saturated heterocycles. The average Bonchev–Trinajstić information content (AvgIpc) is 2.83. The molecule has 2 heterocycles. The number of fused-ring (bicyclic) bond motifs is 1. The van der Waals surface area contributed by atoms with Gasteiger partial charge in [0, 0.05) is 15.9 Å². The Morgan fingerprint density at radius 2 is 2.21 bits per heavy atom. The lowest BCUT2D eigenvalue weighted by Gasteiger charge is -2.25. The lowest BCUT2D eigenvalue weighted by Crippen LogP contribution is -2.27. The van der Waals surface area contributed by atoms with Crippen molar-refractivity contribution in [2.45, 2.75) is 32.2 Å². The second kappa shape index (κ2) is 5.17. The van der Waals surface area contributed by atoms with Crippen molar-refractivity contribution in [1.82, 2.24) is 5.32 Å². The molecule has 1 aliphatic rings. The van der Waals surface area contributed by atoms with Crippen LogP contribution < -0.4 is 10.1 Å². The highest BCUT2D eigenvalue weighted by molar-refractivity contribution is 9.10.